The van der Waals surface area contributed by atoms with Crippen molar-refractivity contribution in [2.45, 2.75) is 58.2 Å². The van der Waals surface area contributed by atoms with Crippen molar-refractivity contribution in [3.63, 3.8) is 0 Å². The molecule has 0 atom stereocenters. The highest BCUT2D eigenvalue weighted by atomic mass is 16.7. The number of ketones is 1. The number of carbonyl (C=O) groups is 8. The van der Waals surface area contributed by atoms with Gasteiger partial charge in [0.2, 0.25) is 0 Å². The molecule has 8 N–H and O–H groups in total. The number of nitrogen functional groups attached to an aromatic ring is 2. The van der Waals surface area contributed by atoms with Crippen LogP contribution in [0.4, 0.5) is 11.6 Å². The summed E-state index contributed by atoms with van der Waals surface area (Å²) < 4.78 is 23.7. The van der Waals surface area contributed by atoms with Gasteiger partial charge in [0.25, 0.3) is 35.4 Å². The van der Waals surface area contributed by atoms with Crippen molar-refractivity contribution in [3.8, 4) is 12.0 Å². The maximum Gasteiger partial charge on any atom is 0.335 e. The summed E-state index contributed by atoms with van der Waals surface area (Å²) in [6.07, 6.45) is 5.30. The molecule has 80 heavy (non-hydrogen) atoms. The fourth-order valence-corrected chi connectivity index (χ4v) is 7.83. The van der Waals surface area contributed by atoms with Gasteiger partial charge in [-0.3, -0.25) is 52.5 Å². The van der Waals surface area contributed by atoms with Crippen LogP contribution in [0.15, 0.2) is 82.4 Å². The molecular formula is C51H56N14O15. The molecule has 0 radical (unpaired) electrons. The highest BCUT2D eigenvalue weighted by Crippen LogP contribution is 2.21. The summed E-state index contributed by atoms with van der Waals surface area (Å²) >= 11 is 0. The molecule has 0 unspecified atom stereocenters. The van der Waals surface area contributed by atoms with Crippen LogP contribution < -0.4 is 38.1 Å². The van der Waals surface area contributed by atoms with E-state index in [1.807, 2.05) is 48.5 Å². The van der Waals surface area contributed by atoms with Crippen LogP contribution in [-0.2, 0) is 78.7 Å². The Morgan fingerprint density at radius 3 is 1.39 bits per heavy atom. The zero-order chi connectivity index (χ0) is 57.5. The SMILES string of the molecule is COCCOc1nc(N)c2[nH]c(=O)n(Cc3ccc(CCC(=O)CCN4C(=O)C=CC4=O)cc3)c2n1.COCCOc1nc(N)c2[nH]c(=O)n(Cc3ccc(CN)cc3)c2n1.O=C(CCN1C(=O)C=CC1=O)ON1C(=O)CCC1=O. The number of imidazole rings is 2. The summed E-state index contributed by atoms with van der Waals surface area (Å²) in [4.78, 5) is 145. The molecule has 29 nitrogen and oxygen atoms in total. The lowest BCUT2D eigenvalue weighted by Crippen LogP contribution is -2.35. The van der Waals surface area contributed by atoms with Gasteiger partial charge in [0.1, 0.15) is 30.0 Å². The standard InChI is InChI=1S/C24H26N6O6.C16H20N6O3.C11H10N2O6/c1-35-12-13-36-23-27-21(25)20-22(28-23)30(24(34)26-20)14-16-4-2-15(3-5-16)6-7-17(31)10-11-29-18(32)8-9-19(29)33;1-24-6-7-25-15-20-13(18)12-14(21-15)22(16(23)19-12)9-11-4-2-10(8-17)3-5-11;14-7-1-2-8(15)12(7)6-5-11(18)19-13-9(16)3-4-10(13)17/h2-5,8-9H,6-7,10-14H2,1H3,(H,26,34)(H2,25,27,28);2-5H,6-9,17H2,1H3,(H,19,23)(H2,18,20,21);1-2H,3-6H2. The molecule has 7 heterocycles. The van der Waals surface area contributed by atoms with Crippen molar-refractivity contribution >= 4 is 81.2 Å². The molecule has 0 saturated carbocycles. The minimum atomic E-state index is -0.851. The van der Waals surface area contributed by atoms with Gasteiger partial charge in [-0.05, 0) is 28.7 Å². The predicted octanol–water partition coefficient (Wildman–Crippen LogP) is -0.265. The Bertz CT molecular complexity index is 3440. The zero-order valence-corrected chi connectivity index (χ0v) is 43.4. The van der Waals surface area contributed by atoms with Gasteiger partial charge < -0.3 is 51.0 Å². The summed E-state index contributed by atoms with van der Waals surface area (Å²) in [7, 11) is 3.12. The molecule has 6 amide bonds. The van der Waals surface area contributed by atoms with Crippen molar-refractivity contribution in [1.29, 1.82) is 0 Å². The second-order valence-corrected chi connectivity index (χ2v) is 17.6. The number of nitrogens with two attached hydrogens (primary N) is 3. The molecule has 9 rings (SSSR count). The molecular weight excluding hydrogens is 1050 g/mol. The number of Topliss-reactive ketones (excluding diaryl/α,β-unsaturated/α-hetero) is 1. The Balaban J connectivity index is 0.000000183. The first kappa shape index (κ1) is 58.0. The number of aromatic amines is 2. The quantitative estimate of drug-likeness (QED) is 0.0407. The van der Waals surface area contributed by atoms with Gasteiger partial charge >= 0.3 is 29.4 Å². The van der Waals surface area contributed by atoms with Crippen molar-refractivity contribution < 1.29 is 62.1 Å². The van der Waals surface area contributed by atoms with Crippen molar-refractivity contribution in [1.82, 2.24) is 53.9 Å². The summed E-state index contributed by atoms with van der Waals surface area (Å²) in [6, 6.07) is 15.4. The van der Waals surface area contributed by atoms with E-state index in [0.717, 1.165) is 44.2 Å². The molecule has 6 aromatic rings. The van der Waals surface area contributed by atoms with E-state index in [9.17, 15) is 47.9 Å². The van der Waals surface area contributed by atoms with Gasteiger partial charge in [0.05, 0.1) is 32.7 Å². The van der Waals surface area contributed by atoms with Crippen LogP contribution in [0.25, 0.3) is 22.3 Å². The smallest absolute Gasteiger partial charge is 0.335 e. The molecule has 3 aliphatic heterocycles. The number of rotatable bonds is 23. The zero-order valence-electron chi connectivity index (χ0n) is 43.4. The number of nitrogens with one attached hydrogen (secondary N) is 2. The number of methoxy groups -OCH3 is 2. The molecule has 0 aliphatic carbocycles. The number of hydrogen-bond acceptors (Lipinski definition) is 22. The average molecular weight is 1110 g/mol. The molecule has 1 saturated heterocycles. The van der Waals surface area contributed by atoms with Crippen LogP contribution in [0.5, 0.6) is 12.0 Å². The molecule has 0 spiro atoms. The monoisotopic (exact) mass is 1100 g/mol. The van der Waals surface area contributed by atoms with E-state index < -0.39 is 29.6 Å². The number of amides is 6. The predicted molar refractivity (Wildman–Crippen MR) is 280 cm³/mol. The van der Waals surface area contributed by atoms with Crippen LogP contribution in [-0.4, -0.2) is 155 Å². The molecule has 420 valence electrons. The second-order valence-electron chi connectivity index (χ2n) is 17.6. The van der Waals surface area contributed by atoms with E-state index in [0.29, 0.717) is 66.5 Å². The van der Waals surface area contributed by atoms with E-state index in [4.69, 9.17) is 36.1 Å². The molecule has 1 fully saturated rings. The van der Waals surface area contributed by atoms with Crippen LogP contribution in [0.2, 0.25) is 0 Å². The highest BCUT2D eigenvalue weighted by molar-refractivity contribution is 6.13. The maximum atomic E-state index is 12.5. The van der Waals surface area contributed by atoms with E-state index >= 15 is 0 Å². The number of carbonyl (C=O) groups excluding carboxylic acids is 8. The lowest BCUT2D eigenvalue weighted by molar-refractivity contribution is -0.197. The lowest BCUT2D eigenvalue weighted by Gasteiger charge is -2.15. The number of nitrogens with zero attached hydrogens (tertiary/aromatic N) is 9. The third-order valence-electron chi connectivity index (χ3n) is 12.1. The van der Waals surface area contributed by atoms with Crippen molar-refractivity contribution in [2.24, 2.45) is 5.73 Å². The van der Waals surface area contributed by atoms with Crippen LogP contribution in [0.3, 0.4) is 0 Å². The number of anilines is 2. The van der Waals surface area contributed by atoms with Crippen LogP contribution in [0, 0.1) is 0 Å². The van der Waals surface area contributed by atoms with Crippen LogP contribution >= 0.6 is 0 Å². The highest BCUT2D eigenvalue weighted by Gasteiger charge is 2.33. The molecule has 3 aliphatic rings. The first-order chi connectivity index (χ1) is 38.5. The Morgan fingerprint density at radius 2 is 0.963 bits per heavy atom. The van der Waals surface area contributed by atoms with Crippen molar-refractivity contribution in [2.75, 3.05) is 65.2 Å². The summed E-state index contributed by atoms with van der Waals surface area (Å²) in [5, 5.41) is 0.425. The van der Waals surface area contributed by atoms with Gasteiger partial charge in [-0.1, -0.05) is 48.5 Å². The fraction of sp³-hybridized carbons (Fsp3) is 0.333. The molecule has 2 aromatic carbocycles. The van der Waals surface area contributed by atoms with E-state index in [-0.39, 0.29) is 111 Å². The topological polar surface area (TPSA) is 398 Å². The lowest BCUT2D eigenvalue weighted by atomic mass is 10.0. The number of fused-ring (bicyclic) bond motifs is 2. The number of benzene rings is 2. The Hall–Kier alpha value is -9.74. The van der Waals surface area contributed by atoms with Crippen molar-refractivity contribution in [3.05, 3.63) is 116 Å². The number of imide groups is 3. The Labute approximate surface area is 453 Å². The number of H-pyrrole nitrogens is 2. The van der Waals surface area contributed by atoms with Gasteiger partial charge in [-0.25, -0.2) is 14.4 Å². The van der Waals surface area contributed by atoms with Gasteiger partial charge in [0.15, 0.2) is 22.9 Å². The number of hydrogen-bond donors (Lipinski definition) is 5. The fourth-order valence-electron chi connectivity index (χ4n) is 7.83. The number of hydroxylamine groups is 2. The van der Waals surface area contributed by atoms with Gasteiger partial charge in [-0.15, -0.1) is 5.06 Å². The second kappa shape index (κ2) is 27.0. The number of ether oxygens (including phenoxy) is 4. The number of aromatic nitrogens is 8. The third-order valence-corrected chi connectivity index (χ3v) is 12.1. The van der Waals surface area contributed by atoms with Gasteiger partial charge in [-0.2, -0.15) is 19.9 Å². The van der Waals surface area contributed by atoms with Gasteiger partial charge in [0, 0.05) is 83.8 Å². The largest absolute Gasteiger partial charge is 0.461 e. The van der Waals surface area contributed by atoms with E-state index in [1.54, 1.807) is 14.2 Å². The average Bonchev–Trinajstić information content (AvgIpc) is 4.30. The van der Waals surface area contributed by atoms with E-state index in [1.165, 1.54) is 21.3 Å². The molecule has 29 heteroatoms. The minimum Gasteiger partial charge on any atom is -0.461 e. The third kappa shape index (κ3) is 14.8. The first-order valence-electron chi connectivity index (χ1n) is 24.7. The molecule has 4 aromatic heterocycles. The number of aryl methyl sites for hydroxylation is 1. The summed E-state index contributed by atoms with van der Waals surface area (Å²) in [5.74, 6) is -3.55. The summed E-state index contributed by atoms with van der Waals surface area (Å²) in [6.45, 7) is 2.29. The van der Waals surface area contributed by atoms with Crippen LogP contribution in [0.1, 0.15) is 54.4 Å². The Morgan fingerprint density at radius 1 is 0.550 bits per heavy atom. The summed E-state index contributed by atoms with van der Waals surface area (Å²) in [5.41, 5.74) is 22.0. The first-order valence-corrected chi connectivity index (χ1v) is 24.7. The normalized spacial score (nSPS) is 13.9. The molecule has 0 bridgehead atoms. The minimum absolute atomic E-state index is 0.0130. The van der Waals surface area contributed by atoms with E-state index in [2.05, 4.69) is 34.7 Å². The maximum absolute atomic E-state index is 12.5. The Kier molecular flexibility index (Phi) is 19.6.